The van der Waals surface area contributed by atoms with Crippen LogP contribution in [0.5, 0.6) is 0 Å². The van der Waals surface area contributed by atoms with Gasteiger partial charge in [-0.05, 0) is 30.2 Å². The highest BCUT2D eigenvalue weighted by atomic mass is 35.5. The molecule has 0 saturated heterocycles. The molecule has 0 bridgehead atoms. The van der Waals surface area contributed by atoms with Gasteiger partial charge < -0.3 is 9.88 Å². The third kappa shape index (κ3) is 6.16. The fourth-order valence-electron chi connectivity index (χ4n) is 4.40. The molecule has 188 valence electrons. The Morgan fingerprint density at radius 1 is 1.21 bits per heavy atom. The summed E-state index contributed by atoms with van der Waals surface area (Å²) in [6, 6.07) is -0.378. The van der Waals surface area contributed by atoms with Crippen LogP contribution in [0.15, 0.2) is 17.2 Å². The first-order valence-electron chi connectivity index (χ1n) is 11.3. The van der Waals surface area contributed by atoms with Gasteiger partial charge in [-0.2, -0.15) is 18.3 Å². The van der Waals surface area contributed by atoms with Gasteiger partial charge in [-0.15, -0.1) is 0 Å². The lowest BCUT2D eigenvalue weighted by atomic mass is 9.95. The highest BCUT2D eigenvalue weighted by Crippen LogP contribution is 2.38. The number of aromatic nitrogens is 3. The van der Waals surface area contributed by atoms with Gasteiger partial charge in [0.25, 0.3) is 11.5 Å². The summed E-state index contributed by atoms with van der Waals surface area (Å²) in [5.41, 5.74) is -2.05. The molecule has 3 rings (SSSR count). The molecule has 0 atom stereocenters. The van der Waals surface area contributed by atoms with Gasteiger partial charge in [0.2, 0.25) is 0 Å². The molecule has 1 aliphatic rings. The molecule has 6 nitrogen and oxygen atoms in total. The second-order valence-electron chi connectivity index (χ2n) is 9.94. The van der Waals surface area contributed by atoms with Gasteiger partial charge in [0.1, 0.15) is 5.02 Å². The van der Waals surface area contributed by atoms with Gasteiger partial charge in [-0.3, -0.25) is 14.3 Å². The van der Waals surface area contributed by atoms with Crippen molar-refractivity contribution in [1.29, 1.82) is 0 Å². The minimum Gasteiger partial charge on any atom is -0.338 e. The van der Waals surface area contributed by atoms with Gasteiger partial charge in [-0.25, -0.2) is 0 Å². The van der Waals surface area contributed by atoms with E-state index < -0.39 is 34.3 Å². The minimum absolute atomic E-state index is 0.0326. The molecule has 2 aromatic rings. The van der Waals surface area contributed by atoms with Crippen molar-refractivity contribution in [3.63, 3.8) is 0 Å². The number of amides is 1. The molecular weight excluding hydrogens is 492 g/mol. The number of hydrogen-bond acceptors (Lipinski definition) is 3. The Labute approximate surface area is 206 Å². The molecule has 1 aliphatic carbocycles. The molecule has 11 heteroatoms. The second kappa shape index (κ2) is 10.3. The molecular formula is C23H29Cl2F3N4O2. The van der Waals surface area contributed by atoms with Crippen LogP contribution in [-0.4, -0.2) is 38.7 Å². The number of pyridine rings is 1. The molecule has 2 aromatic heterocycles. The van der Waals surface area contributed by atoms with Gasteiger partial charge in [0.05, 0.1) is 22.8 Å². The van der Waals surface area contributed by atoms with Crippen LogP contribution in [0.2, 0.25) is 10.0 Å². The fourth-order valence-corrected chi connectivity index (χ4v) is 4.94. The van der Waals surface area contributed by atoms with E-state index in [1.54, 1.807) is 0 Å². The van der Waals surface area contributed by atoms with Crippen LogP contribution in [-0.2, 0) is 12.6 Å². The third-order valence-corrected chi connectivity index (χ3v) is 6.62. The molecule has 0 radical (unpaired) electrons. The number of hydrogen-bond donors (Lipinski definition) is 1. The lowest BCUT2D eigenvalue weighted by molar-refractivity contribution is -0.145. The predicted molar refractivity (Wildman–Crippen MR) is 125 cm³/mol. The summed E-state index contributed by atoms with van der Waals surface area (Å²) in [4.78, 5) is 29.1. The Kier molecular flexibility index (Phi) is 8.07. The first-order chi connectivity index (χ1) is 15.8. The molecule has 0 aliphatic heterocycles. The maximum absolute atomic E-state index is 14.2. The third-order valence-electron chi connectivity index (χ3n) is 5.88. The Bertz CT molecular complexity index is 1080. The zero-order valence-corrected chi connectivity index (χ0v) is 20.9. The van der Waals surface area contributed by atoms with E-state index in [1.807, 2.05) is 20.8 Å². The Morgan fingerprint density at radius 2 is 1.85 bits per heavy atom. The molecule has 1 saturated carbocycles. The van der Waals surface area contributed by atoms with Crippen LogP contribution in [0.1, 0.15) is 80.5 Å². The lowest BCUT2D eigenvalue weighted by Crippen LogP contribution is -2.40. The van der Waals surface area contributed by atoms with E-state index >= 15 is 0 Å². The van der Waals surface area contributed by atoms with Crippen LogP contribution in [0.4, 0.5) is 13.2 Å². The zero-order chi connectivity index (χ0) is 25.3. The molecule has 0 aromatic carbocycles. The number of carbonyl (C=O) groups excluding carboxylic acids is 1. The molecule has 1 N–H and O–H groups in total. The minimum atomic E-state index is -4.73. The molecule has 1 amide bonds. The van der Waals surface area contributed by atoms with Gasteiger partial charge in [-0.1, -0.05) is 63.2 Å². The SMILES string of the molecule is CC(C)(C)CN(CCc1c(Cl)c[nH]c(=O)c1Cl)C(=O)c1cnn(C2CCCCC2)c1C(F)(F)F. The molecule has 1 fully saturated rings. The van der Waals surface area contributed by atoms with Gasteiger partial charge in [0, 0.05) is 19.3 Å². The maximum Gasteiger partial charge on any atom is 0.433 e. The Balaban J connectivity index is 1.96. The number of halogens is 5. The molecule has 0 spiro atoms. The highest BCUT2D eigenvalue weighted by molar-refractivity contribution is 6.35. The monoisotopic (exact) mass is 520 g/mol. The van der Waals surface area contributed by atoms with Gasteiger partial charge >= 0.3 is 6.18 Å². The van der Waals surface area contributed by atoms with Crippen LogP contribution in [0, 0.1) is 5.41 Å². The number of H-pyrrole nitrogens is 1. The number of aromatic amines is 1. The highest BCUT2D eigenvalue weighted by Gasteiger charge is 2.42. The summed E-state index contributed by atoms with van der Waals surface area (Å²) in [7, 11) is 0. The van der Waals surface area contributed by atoms with Crippen LogP contribution < -0.4 is 5.56 Å². The number of rotatable bonds is 6. The van der Waals surface area contributed by atoms with Crippen molar-refractivity contribution in [2.24, 2.45) is 5.41 Å². The van der Waals surface area contributed by atoms with Crippen molar-refractivity contribution < 1.29 is 18.0 Å². The summed E-state index contributed by atoms with van der Waals surface area (Å²) in [6.45, 7) is 5.88. The van der Waals surface area contributed by atoms with E-state index in [-0.39, 0.29) is 35.6 Å². The van der Waals surface area contributed by atoms with Crippen molar-refractivity contribution in [3.05, 3.63) is 49.6 Å². The first-order valence-corrected chi connectivity index (χ1v) is 12.0. The number of carbonyl (C=O) groups is 1. The Hall–Kier alpha value is -2.00. The molecule has 0 unspecified atom stereocenters. The molecule has 34 heavy (non-hydrogen) atoms. The van der Waals surface area contributed by atoms with Crippen LogP contribution in [0.25, 0.3) is 0 Å². The number of nitrogens with zero attached hydrogens (tertiary/aromatic N) is 3. The summed E-state index contributed by atoms with van der Waals surface area (Å²) >= 11 is 12.3. The smallest absolute Gasteiger partial charge is 0.338 e. The van der Waals surface area contributed by atoms with Gasteiger partial charge in [0.15, 0.2) is 5.69 Å². The second-order valence-corrected chi connectivity index (χ2v) is 10.7. The summed E-state index contributed by atoms with van der Waals surface area (Å²) < 4.78 is 43.5. The normalized spacial score (nSPS) is 15.5. The molecule has 2 heterocycles. The Morgan fingerprint density at radius 3 is 2.44 bits per heavy atom. The van der Waals surface area contributed by atoms with E-state index in [4.69, 9.17) is 23.2 Å². The van der Waals surface area contributed by atoms with Crippen molar-refractivity contribution in [1.82, 2.24) is 19.7 Å². The maximum atomic E-state index is 14.2. The zero-order valence-electron chi connectivity index (χ0n) is 19.4. The van der Waals surface area contributed by atoms with Crippen molar-refractivity contribution >= 4 is 29.1 Å². The van der Waals surface area contributed by atoms with E-state index in [1.165, 1.54) is 11.1 Å². The van der Waals surface area contributed by atoms with E-state index in [2.05, 4.69) is 10.1 Å². The number of nitrogens with one attached hydrogen (secondary N) is 1. The quantitative estimate of drug-likeness (QED) is 0.497. The standard InChI is InChI=1S/C23H29Cl2F3N4O2/c1-22(2,3)13-31(10-9-15-17(24)12-29-20(33)18(15)25)21(34)16-11-30-32(19(16)23(26,27)28)14-7-5-4-6-8-14/h11-12,14H,4-10,13H2,1-3H3,(H,29,33). The van der Waals surface area contributed by atoms with Crippen LogP contribution in [0.3, 0.4) is 0 Å². The van der Waals surface area contributed by atoms with E-state index in [9.17, 15) is 22.8 Å². The topological polar surface area (TPSA) is 71.0 Å². The van der Waals surface area contributed by atoms with Crippen molar-refractivity contribution in [2.45, 2.75) is 71.5 Å². The van der Waals surface area contributed by atoms with E-state index in [0.717, 1.165) is 30.1 Å². The van der Waals surface area contributed by atoms with Crippen molar-refractivity contribution in [3.8, 4) is 0 Å². The largest absolute Gasteiger partial charge is 0.433 e. The average molecular weight is 521 g/mol. The predicted octanol–water partition coefficient (Wildman–Crippen LogP) is 6.13. The summed E-state index contributed by atoms with van der Waals surface area (Å²) in [5.74, 6) is -0.763. The summed E-state index contributed by atoms with van der Waals surface area (Å²) in [6.07, 6.45) is 1.57. The van der Waals surface area contributed by atoms with E-state index in [0.29, 0.717) is 18.4 Å². The van der Waals surface area contributed by atoms with Crippen molar-refractivity contribution in [2.75, 3.05) is 13.1 Å². The van der Waals surface area contributed by atoms with Crippen LogP contribution >= 0.6 is 23.2 Å². The average Bonchev–Trinajstić information content (AvgIpc) is 3.21. The lowest BCUT2D eigenvalue weighted by Gasteiger charge is -2.31. The summed E-state index contributed by atoms with van der Waals surface area (Å²) in [5, 5.41) is 4.14. The number of alkyl halides is 3. The first kappa shape index (κ1) is 26.6. The fraction of sp³-hybridized carbons (Fsp3) is 0.609.